The first-order valence-corrected chi connectivity index (χ1v) is 9.36. The molecule has 0 spiro atoms. The number of nitrogens with zero attached hydrogens (tertiary/aromatic N) is 3. The van der Waals surface area contributed by atoms with Crippen molar-refractivity contribution >= 4 is 29.9 Å². The summed E-state index contributed by atoms with van der Waals surface area (Å²) < 4.78 is 34.8. The SMILES string of the molecule is CN=C(NCC1CN2CCCC2CO1)N(C)Cc1ccc(OC(F)F)cc1.I. The quantitative estimate of drug-likeness (QED) is 0.363. The molecular formula is C19H29F2IN4O2. The van der Waals surface area contributed by atoms with E-state index in [1.54, 1.807) is 31.3 Å². The first kappa shape index (κ1) is 23.1. The van der Waals surface area contributed by atoms with Gasteiger partial charge in [0.25, 0.3) is 0 Å². The van der Waals surface area contributed by atoms with E-state index in [-0.39, 0.29) is 35.8 Å². The third-order valence-corrected chi connectivity index (χ3v) is 5.09. The molecule has 2 aliphatic rings. The first-order valence-electron chi connectivity index (χ1n) is 9.36. The van der Waals surface area contributed by atoms with Crippen molar-refractivity contribution in [1.82, 2.24) is 15.1 Å². The van der Waals surface area contributed by atoms with Gasteiger partial charge in [-0.2, -0.15) is 8.78 Å². The molecule has 0 radical (unpaired) electrons. The molecule has 0 amide bonds. The van der Waals surface area contributed by atoms with Gasteiger partial charge in [-0.1, -0.05) is 12.1 Å². The van der Waals surface area contributed by atoms with Crippen molar-refractivity contribution in [1.29, 1.82) is 0 Å². The summed E-state index contributed by atoms with van der Waals surface area (Å²) in [7, 11) is 3.69. The predicted molar refractivity (Wildman–Crippen MR) is 116 cm³/mol. The number of rotatable bonds is 6. The van der Waals surface area contributed by atoms with E-state index >= 15 is 0 Å². The summed E-state index contributed by atoms with van der Waals surface area (Å²) in [5.74, 6) is 0.934. The molecule has 2 saturated heterocycles. The molecule has 9 heteroatoms. The van der Waals surface area contributed by atoms with Crippen LogP contribution in [0.15, 0.2) is 29.3 Å². The van der Waals surface area contributed by atoms with E-state index < -0.39 is 6.61 Å². The number of nitrogens with one attached hydrogen (secondary N) is 1. The average Bonchev–Trinajstić information content (AvgIpc) is 3.11. The number of benzene rings is 1. The molecule has 0 aromatic heterocycles. The number of halogens is 3. The van der Waals surface area contributed by atoms with Crippen LogP contribution in [0.3, 0.4) is 0 Å². The second kappa shape index (κ2) is 11.1. The molecule has 1 aromatic carbocycles. The number of hydrogen-bond acceptors (Lipinski definition) is 4. The van der Waals surface area contributed by atoms with Crippen LogP contribution < -0.4 is 10.1 Å². The van der Waals surface area contributed by atoms with Gasteiger partial charge in [0.05, 0.1) is 12.7 Å². The minimum Gasteiger partial charge on any atom is -0.435 e. The van der Waals surface area contributed by atoms with Crippen molar-refractivity contribution in [2.75, 3.05) is 40.3 Å². The third-order valence-electron chi connectivity index (χ3n) is 5.09. The highest BCUT2D eigenvalue weighted by Crippen LogP contribution is 2.22. The van der Waals surface area contributed by atoms with Gasteiger partial charge in [0.1, 0.15) is 5.75 Å². The lowest BCUT2D eigenvalue weighted by molar-refractivity contribution is -0.0498. The molecule has 0 bridgehead atoms. The molecule has 2 unspecified atom stereocenters. The van der Waals surface area contributed by atoms with E-state index in [2.05, 4.69) is 19.9 Å². The van der Waals surface area contributed by atoms with E-state index in [0.717, 1.165) is 24.7 Å². The Kier molecular flexibility index (Phi) is 9.16. The molecule has 28 heavy (non-hydrogen) atoms. The summed E-state index contributed by atoms with van der Waals surface area (Å²) in [6.07, 6.45) is 2.67. The Hall–Kier alpha value is -1.20. The summed E-state index contributed by atoms with van der Waals surface area (Å²) in [6, 6.07) is 7.25. The summed E-state index contributed by atoms with van der Waals surface area (Å²) in [6.45, 7) is 1.46. The van der Waals surface area contributed by atoms with E-state index in [1.165, 1.54) is 19.4 Å². The molecule has 1 N–H and O–H groups in total. The Labute approximate surface area is 182 Å². The number of aliphatic imine (C=N–C) groups is 1. The van der Waals surface area contributed by atoms with Gasteiger partial charge >= 0.3 is 6.61 Å². The number of morpholine rings is 1. The minimum atomic E-state index is -2.81. The monoisotopic (exact) mass is 510 g/mol. The second-order valence-corrected chi connectivity index (χ2v) is 7.05. The zero-order valence-corrected chi connectivity index (χ0v) is 18.6. The molecule has 0 saturated carbocycles. The Balaban J connectivity index is 0.00000280. The van der Waals surface area contributed by atoms with Crippen LogP contribution >= 0.6 is 24.0 Å². The summed E-state index contributed by atoms with van der Waals surface area (Å²) in [5, 5.41) is 3.38. The van der Waals surface area contributed by atoms with Crippen LogP contribution in [-0.4, -0.2) is 74.9 Å². The van der Waals surface area contributed by atoms with E-state index in [4.69, 9.17) is 4.74 Å². The van der Waals surface area contributed by atoms with Gasteiger partial charge in [-0.25, -0.2) is 0 Å². The van der Waals surface area contributed by atoms with Crippen molar-refractivity contribution < 1.29 is 18.3 Å². The van der Waals surface area contributed by atoms with Crippen molar-refractivity contribution in [3.63, 3.8) is 0 Å². The highest BCUT2D eigenvalue weighted by molar-refractivity contribution is 14.0. The minimum absolute atomic E-state index is 0. The standard InChI is InChI=1S/C19H28F2N4O2.HI/c1-22-19(23-10-17-12-25-9-3-4-15(25)13-26-17)24(2)11-14-5-7-16(8-6-14)27-18(20)21;/h5-8,15,17-18H,3-4,9-13H2,1-2H3,(H,22,23);1H. The van der Waals surface area contributed by atoms with Crippen LogP contribution in [-0.2, 0) is 11.3 Å². The van der Waals surface area contributed by atoms with Crippen molar-refractivity contribution in [3.8, 4) is 5.75 Å². The molecule has 1 aromatic rings. The second-order valence-electron chi connectivity index (χ2n) is 7.05. The average molecular weight is 510 g/mol. The van der Waals surface area contributed by atoms with Gasteiger partial charge in [-0.05, 0) is 37.1 Å². The molecule has 2 atom stereocenters. The molecule has 2 heterocycles. The molecule has 3 rings (SSSR count). The van der Waals surface area contributed by atoms with Crippen molar-refractivity contribution in [2.24, 2.45) is 4.99 Å². The third kappa shape index (κ3) is 6.41. The smallest absolute Gasteiger partial charge is 0.387 e. The number of ether oxygens (including phenoxy) is 2. The lowest BCUT2D eigenvalue weighted by atomic mass is 10.2. The van der Waals surface area contributed by atoms with Gasteiger partial charge in [-0.3, -0.25) is 9.89 Å². The van der Waals surface area contributed by atoms with Crippen LogP contribution in [0, 0.1) is 0 Å². The normalized spacial score (nSPS) is 22.5. The van der Waals surface area contributed by atoms with Crippen LogP contribution in [0.25, 0.3) is 0 Å². The molecule has 6 nitrogen and oxygen atoms in total. The highest BCUT2D eigenvalue weighted by Gasteiger charge is 2.32. The number of fused-ring (bicyclic) bond motifs is 1. The van der Waals surface area contributed by atoms with Crippen LogP contribution in [0.2, 0.25) is 0 Å². The first-order chi connectivity index (χ1) is 13.0. The maximum atomic E-state index is 12.2. The zero-order valence-electron chi connectivity index (χ0n) is 16.3. The summed E-state index contributed by atoms with van der Waals surface area (Å²) >= 11 is 0. The number of hydrogen-bond donors (Lipinski definition) is 1. The molecule has 2 aliphatic heterocycles. The van der Waals surface area contributed by atoms with Gasteiger partial charge in [0, 0.05) is 39.8 Å². The molecular weight excluding hydrogens is 481 g/mol. The Morgan fingerprint density at radius 3 is 2.82 bits per heavy atom. The fourth-order valence-electron chi connectivity index (χ4n) is 3.72. The summed E-state index contributed by atoms with van der Waals surface area (Å²) in [5.41, 5.74) is 0.982. The largest absolute Gasteiger partial charge is 0.435 e. The number of alkyl halides is 2. The maximum Gasteiger partial charge on any atom is 0.387 e. The van der Waals surface area contributed by atoms with Gasteiger partial charge in [-0.15, -0.1) is 24.0 Å². The zero-order chi connectivity index (χ0) is 19.2. The van der Waals surface area contributed by atoms with Crippen molar-refractivity contribution in [3.05, 3.63) is 29.8 Å². The number of guanidine groups is 1. The lowest BCUT2D eigenvalue weighted by Crippen LogP contribution is -2.51. The van der Waals surface area contributed by atoms with E-state index in [0.29, 0.717) is 19.1 Å². The van der Waals surface area contributed by atoms with Crippen LogP contribution in [0.5, 0.6) is 5.75 Å². The Bertz CT molecular complexity index is 633. The maximum absolute atomic E-state index is 12.2. The van der Waals surface area contributed by atoms with Crippen LogP contribution in [0.1, 0.15) is 18.4 Å². The Morgan fingerprint density at radius 2 is 2.14 bits per heavy atom. The lowest BCUT2D eigenvalue weighted by Gasteiger charge is -2.35. The predicted octanol–water partition coefficient (Wildman–Crippen LogP) is 2.78. The molecule has 2 fully saturated rings. The van der Waals surface area contributed by atoms with Crippen LogP contribution in [0.4, 0.5) is 8.78 Å². The van der Waals surface area contributed by atoms with Gasteiger partial charge in [0.2, 0.25) is 0 Å². The van der Waals surface area contributed by atoms with E-state index in [9.17, 15) is 8.78 Å². The van der Waals surface area contributed by atoms with E-state index in [1.807, 2.05) is 11.9 Å². The topological polar surface area (TPSA) is 49.3 Å². The fraction of sp³-hybridized carbons (Fsp3) is 0.632. The molecule has 0 aliphatic carbocycles. The van der Waals surface area contributed by atoms with Gasteiger partial charge in [0.15, 0.2) is 5.96 Å². The molecule has 158 valence electrons. The fourth-order valence-corrected chi connectivity index (χ4v) is 3.72. The van der Waals surface area contributed by atoms with Crippen molar-refractivity contribution in [2.45, 2.75) is 38.1 Å². The Morgan fingerprint density at radius 1 is 1.39 bits per heavy atom. The summed E-state index contributed by atoms with van der Waals surface area (Å²) in [4.78, 5) is 8.84. The van der Waals surface area contributed by atoms with Gasteiger partial charge < -0.3 is 19.7 Å². The highest BCUT2D eigenvalue weighted by atomic mass is 127.